The summed E-state index contributed by atoms with van der Waals surface area (Å²) >= 11 is 0. The van der Waals surface area contributed by atoms with Gasteiger partial charge < -0.3 is 15.0 Å². The van der Waals surface area contributed by atoms with Crippen LogP contribution >= 0.6 is 0 Å². The van der Waals surface area contributed by atoms with Crippen molar-refractivity contribution in [2.24, 2.45) is 5.73 Å². The van der Waals surface area contributed by atoms with Gasteiger partial charge in [-0.15, -0.1) is 0 Å². The van der Waals surface area contributed by atoms with Gasteiger partial charge in [0.2, 0.25) is 0 Å². The van der Waals surface area contributed by atoms with Crippen molar-refractivity contribution in [3.8, 4) is 5.75 Å². The quantitative estimate of drug-likeness (QED) is 0.766. The normalized spacial score (nSPS) is 10.5. The molecule has 1 aromatic carbocycles. The summed E-state index contributed by atoms with van der Waals surface area (Å²) in [6.07, 6.45) is 1.64. The molecule has 0 atom stereocenters. The van der Waals surface area contributed by atoms with Crippen molar-refractivity contribution >= 4 is 11.0 Å². The van der Waals surface area contributed by atoms with Gasteiger partial charge in [-0.05, 0) is 12.1 Å². The molecule has 0 amide bonds. The maximum absolute atomic E-state index is 5.40. The summed E-state index contributed by atoms with van der Waals surface area (Å²) in [7, 11) is 0. The predicted molar refractivity (Wildman–Crippen MR) is 48.6 cm³/mol. The van der Waals surface area contributed by atoms with E-state index >= 15 is 0 Å². The van der Waals surface area contributed by atoms with Crippen molar-refractivity contribution in [1.82, 2.24) is 5.16 Å². The van der Waals surface area contributed by atoms with E-state index in [0.29, 0.717) is 13.2 Å². The molecule has 0 fully saturated rings. The highest BCUT2D eigenvalue weighted by molar-refractivity contribution is 5.82. The lowest BCUT2D eigenvalue weighted by Gasteiger charge is -2.03. The van der Waals surface area contributed by atoms with Crippen LogP contribution in [0.1, 0.15) is 0 Å². The maximum atomic E-state index is 5.40. The number of fused-ring (bicyclic) bond motifs is 1. The fourth-order valence-electron chi connectivity index (χ4n) is 1.16. The van der Waals surface area contributed by atoms with Crippen LogP contribution in [0.5, 0.6) is 5.75 Å². The highest BCUT2D eigenvalue weighted by atomic mass is 16.5. The fourth-order valence-corrected chi connectivity index (χ4v) is 1.16. The molecule has 0 saturated heterocycles. The standard InChI is InChI=1S/C9H10N2O2/c10-4-5-12-8-2-1-3-9-7(8)6-11-13-9/h1-3,6H,4-5,10H2. The third-order valence-electron chi connectivity index (χ3n) is 1.73. The molecule has 4 nitrogen and oxygen atoms in total. The fraction of sp³-hybridized carbons (Fsp3) is 0.222. The molecule has 68 valence electrons. The van der Waals surface area contributed by atoms with Crippen LogP contribution in [-0.2, 0) is 0 Å². The van der Waals surface area contributed by atoms with E-state index in [-0.39, 0.29) is 0 Å². The third-order valence-corrected chi connectivity index (χ3v) is 1.73. The average molecular weight is 178 g/mol. The molecule has 0 aliphatic carbocycles. The molecular weight excluding hydrogens is 168 g/mol. The van der Waals surface area contributed by atoms with Crippen LogP contribution < -0.4 is 10.5 Å². The lowest BCUT2D eigenvalue weighted by molar-refractivity contribution is 0.332. The Bertz CT molecular complexity index is 397. The van der Waals surface area contributed by atoms with Gasteiger partial charge in [-0.1, -0.05) is 11.2 Å². The van der Waals surface area contributed by atoms with E-state index in [4.69, 9.17) is 15.0 Å². The number of ether oxygens (including phenoxy) is 1. The van der Waals surface area contributed by atoms with Gasteiger partial charge in [0.1, 0.15) is 12.4 Å². The first-order valence-corrected chi connectivity index (χ1v) is 4.08. The first kappa shape index (κ1) is 8.07. The summed E-state index contributed by atoms with van der Waals surface area (Å²) in [5.74, 6) is 0.768. The molecule has 0 spiro atoms. The molecule has 1 heterocycles. The van der Waals surface area contributed by atoms with Gasteiger partial charge in [-0.3, -0.25) is 0 Å². The molecule has 2 rings (SSSR count). The Kier molecular flexibility index (Phi) is 2.14. The monoisotopic (exact) mass is 178 g/mol. The van der Waals surface area contributed by atoms with E-state index in [1.165, 1.54) is 0 Å². The average Bonchev–Trinajstić information content (AvgIpc) is 2.62. The second-order valence-corrected chi connectivity index (χ2v) is 2.63. The highest BCUT2D eigenvalue weighted by Gasteiger charge is 2.04. The lowest BCUT2D eigenvalue weighted by atomic mass is 10.2. The summed E-state index contributed by atoms with van der Waals surface area (Å²) in [5, 5.41) is 4.57. The molecule has 0 radical (unpaired) electrons. The number of nitrogens with zero attached hydrogens (tertiary/aromatic N) is 1. The van der Waals surface area contributed by atoms with Crippen molar-refractivity contribution in [2.45, 2.75) is 0 Å². The third kappa shape index (κ3) is 1.48. The van der Waals surface area contributed by atoms with E-state index in [1.54, 1.807) is 6.20 Å². The Balaban J connectivity index is 2.37. The number of hydrogen-bond donors (Lipinski definition) is 1. The predicted octanol–water partition coefficient (Wildman–Crippen LogP) is 1.17. The van der Waals surface area contributed by atoms with E-state index in [9.17, 15) is 0 Å². The van der Waals surface area contributed by atoms with Crippen LogP contribution in [-0.4, -0.2) is 18.3 Å². The molecule has 0 aliphatic heterocycles. The molecule has 2 aromatic rings. The molecule has 4 heteroatoms. The van der Waals surface area contributed by atoms with Gasteiger partial charge in [0.05, 0.1) is 11.6 Å². The van der Waals surface area contributed by atoms with Crippen molar-refractivity contribution in [1.29, 1.82) is 0 Å². The summed E-state index contributed by atoms with van der Waals surface area (Å²) in [6.45, 7) is 1.01. The van der Waals surface area contributed by atoms with Crippen molar-refractivity contribution in [3.63, 3.8) is 0 Å². The highest BCUT2D eigenvalue weighted by Crippen LogP contribution is 2.24. The molecule has 2 N–H and O–H groups in total. The van der Waals surface area contributed by atoms with Crippen LogP contribution in [0.15, 0.2) is 28.9 Å². The molecular formula is C9H10N2O2. The van der Waals surface area contributed by atoms with Gasteiger partial charge >= 0.3 is 0 Å². The molecule has 0 saturated carbocycles. The van der Waals surface area contributed by atoms with Gasteiger partial charge in [0.15, 0.2) is 5.58 Å². The molecule has 13 heavy (non-hydrogen) atoms. The van der Waals surface area contributed by atoms with Gasteiger partial charge in [-0.2, -0.15) is 0 Å². The number of benzene rings is 1. The van der Waals surface area contributed by atoms with Gasteiger partial charge in [0, 0.05) is 6.54 Å². The Hall–Kier alpha value is -1.55. The number of nitrogens with two attached hydrogens (primary N) is 1. The lowest BCUT2D eigenvalue weighted by Crippen LogP contribution is -2.10. The van der Waals surface area contributed by atoms with E-state index < -0.39 is 0 Å². The first-order chi connectivity index (χ1) is 6.42. The molecule has 0 unspecified atom stereocenters. The second kappa shape index (κ2) is 3.45. The Morgan fingerprint density at radius 1 is 1.46 bits per heavy atom. The summed E-state index contributed by atoms with van der Waals surface area (Å²) in [4.78, 5) is 0. The minimum atomic E-state index is 0.502. The summed E-state index contributed by atoms with van der Waals surface area (Å²) < 4.78 is 10.4. The zero-order valence-electron chi connectivity index (χ0n) is 7.06. The van der Waals surface area contributed by atoms with Crippen LogP contribution in [0.4, 0.5) is 0 Å². The Morgan fingerprint density at radius 3 is 3.23 bits per heavy atom. The smallest absolute Gasteiger partial charge is 0.170 e. The topological polar surface area (TPSA) is 61.3 Å². The van der Waals surface area contributed by atoms with Gasteiger partial charge in [-0.25, -0.2) is 0 Å². The summed E-state index contributed by atoms with van der Waals surface area (Å²) in [5.41, 5.74) is 6.06. The zero-order valence-corrected chi connectivity index (χ0v) is 7.06. The Morgan fingerprint density at radius 2 is 2.38 bits per heavy atom. The first-order valence-electron chi connectivity index (χ1n) is 4.08. The largest absolute Gasteiger partial charge is 0.491 e. The van der Waals surface area contributed by atoms with Crippen molar-refractivity contribution in [3.05, 3.63) is 24.4 Å². The van der Waals surface area contributed by atoms with Crippen molar-refractivity contribution < 1.29 is 9.26 Å². The Labute approximate surface area is 75.3 Å². The summed E-state index contributed by atoms with van der Waals surface area (Å²) in [6, 6.07) is 5.58. The van der Waals surface area contributed by atoms with Crippen LogP contribution in [0.25, 0.3) is 11.0 Å². The number of hydrogen-bond acceptors (Lipinski definition) is 4. The van der Waals surface area contributed by atoms with E-state index in [0.717, 1.165) is 16.7 Å². The SMILES string of the molecule is NCCOc1cccc2oncc12. The van der Waals surface area contributed by atoms with Crippen molar-refractivity contribution in [2.75, 3.05) is 13.2 Å². The minimum absolute atomic E-state index is 0.502. The number of aromatic nitrogens is 1. The molecule has 0 aliphatic rings. The van der Waals surface area contributed by atoms with E-state index in [2.05, 4.69) is 5.16 Å². The van der Waals surface area contributed by atoms with Crippen LogP contribution in [0.2, 0.25) is 0 Å². The number of rotatable bonds is 3. The molecule has 1 aromatic heterocycles. The van der Waals surface area contributed by atoms with E-state index in [1.807, 2.05) is 18.2 Å². The van der Waals surface area contributed by atoms with Crippen LogP contribution in [0, 0.1) is 0 Å². The van der Waals surface area contributed by atoms with Gasteiger partial charge in [0.25, 0.3) is 0 Å². The zero-order chi connectivity index (χ0) is 9.10. The maximum Gasteiger partial charge on any atom is 0.170 e. The second-order valence-electron chi connectivity index (χ2n) is 2.63. The van der Waals surface area contributed by atoms with Crippen LogP contribution in [0.3, 0.4) is 0 Å². The minimum Gasteiger partial charge on any atom is -0.491 e. The molecule has 0 bridgehead atoms.